The Kier molecular flexibility index (Phi) is 6.51. The molecule has 0 aliphatic heterocycles. The smallest absolute Gasteiger partial charge is 0.255 e. The number of benzene rings is 2. The first-order valence-corrected chi connectivity index (χ1v) is 9.70. The van der Waals surface area contributed by atoms with Gasteiger partial charge in [0.2, 0.25) is 5.91 Å². The average Bonchev–Trinajstić information content (AvgIpc) is 3.04. The number of nitrogens with one attached hydrogen (secondary N) is 2. The maximum atomic E-state index is 12.5. The molecule has 0 aliphatic carbocycles. The highest BCUT2D eigenvalue weighted by Gasteiger charge is 2.11. The van der Waals surface area contributed by atoms with Gasteiger partial charge in [0.1, 0.15) is 18.1 Å². The van der Waals surface area contributed by atoms with Crippen LogP contribution in [0, 0.1) is 19.8 Å². The molecule has 1 aromatic heterocycles. The van der Waals surface area contributed by atoms with E-state index in [1.165, 1.54) is 0 Å². The summed E-state index contributed by atoms with van der Waals surface area (Å²) < 4.78 is 10.9. The number of aromatic nitrogens is 1. The number of carbonyl (C=O) groups excluding carboxylic acids is 2. The van der Waals surface area contributed by atoms with Gasteiger partial charge in [-0.3, -0.25) is 9.59 Å². The average molecular weight is 407 g/mol. The third kappa shape index (κ3) is 5.26. The van der Waals surface area contributed by atoms with Crippen molar-refractivity contribution in [3.63, 3.8) is 0 Å². The number of rotatable bonds is 7. The molecule has 0 saturated heterocycles. The van der Waals surface area contributed by atoms with Gasteiger partial charge in [0.25, 0.3) is 5.91 Å². The van der Waals surface area contributed by atoms with E-state index in [1.807, 2.05) is 27.7 Å². The Morgan fingerprint density at radius 1 is 1.03 bits per heavy atom. The number of anilines is 2. The molecular weight excluding hydrogens is 382 g/mol. The van der Waals surface area contributed by atoms with E-state index in [4.69, 9.17) is 9.26 Å². The standard InChI is InChI=1S/C23H25N3O4/c1-14(2)22(27)24-18-6-5-7-19(12-18)25-23(28)17-8-10-20(11-9-17)29-13-21-15(3)26-30-16(21)4/h5-12,14H,13H2,1-4H3,(H,24,27)(H,25,28). The first-order valence-electron chi connectivity index (χ1n) is 9.70. The second kappa shape index (κ2) is 9.26. The second-order valence-electron chi connectivity index (χ2n) is 7.29. The monoisotopic (exact) mass is 407 g/mol. The van der Waals surface area contributed by atoms with Gasteiger partial charge < -0.3 is 19.9 Å². The van der Waals surface area contributed by atoms with E-state index in [0.29, 0.717) is 29.3 Å². The van der Waals surface area contributed by atoms with Crippen molar-refractivity contribution in [2.24, 2.45) is 5.92 Å². The highest BCUT2D eigenvalue weighted by molar-refractivity contribution is 6.04. The molecule has 0 radical (unpaired) electrons. The van der Waals surface area contributed by atoms with Crippen molar-refractivity contribution in [3.05, 3.63) is 71.1 Å². The van der Waals surface area contributed by atoms with E-state index in [1.54, 1.807) is 48.5 Å². The predicted molar refractivity (Wildman–Crippen MR) is 115 cm³/mol. The molecule has 2 N–H and O–H groups in total. The Bertz CT molecular complexity index is 1020. The molecule has 3 aromatic rings. The highest BCUT2D eigenvalue weighted by atomic mass is 16.5. The Morgan fingerprint density at radius 3 is 2.30 bits per heavy atom. The summed E-state index contributed by atoms with van der Waals surface area (Å²) in [6, 6.07) is 13.9. The van der Waals surface area contributed by atoms with Gasteiger partial charge >= 0.3 is 0 Å². The lowest BCUT2D eigenvalue weighted by Gasteiger charge is -2.11. The molecule has 2 aromatic carbocycles. The summed E-state index contributed by atoms with van der Waals surface area (Å²) in [5.74, 6) is 0.923. The SMILES string of the molecule is Cc1noc(C)c1COc1ccc(C(=O)Nc2cccc(NC(=O)C(C)C)c2)cc1. The molecule has 0 atom stereocenters. The molecule has 7 heteroatoms. The third-order valence-electron chi connectivity index (χ3n) is 4.59. The summed E-state index contributed by atoms with van der Waals surface area (Å²) in [4.78, 5) is 24.4. The van der Waals surface area contributed by atoms with Gasteiger partial charge in [-0.2, -0.15) is 0 Å². The van der Waals surface area contributed by atoms with Crippen LogP contribution in [0.4, 0.5) is 11.4 Å². The molecule has 30 heavy (non-hydrogen) atoms. The van der Waals surface area contributed by atoms with E-state index in [0.717, 1.165) is 17.0 Å². The lowest BCUT2D eigenvalue weighted by molar-refractivity contribution is -0.118. The van der Waals surface area contributed by atoms with E-state index < -0.39 is 0 Å². The van der Waals surface area contributed by atoms with Gasteiger partial charge in [-0.25, -0.2) is 0 Å². The fraction of sp³-hybridized carbons (Fsp3) is 0.261. The molecule has 3 rings (SSSR count). The number of amides is 2. The van der Waals surface area contributed by atoms with Crippen LogP contribution >= 0.6 is 0 Å². The molecule has 0 unspecified atom stereocenters. The number of hydrogen-bond acceptors (Lipinski definition) is 5. The molecule has 1 heterocycles. The van der Waals surface area contributed by atoms with Crippen LogP contribution in [0.25, 0.3) is 0 Å². The van der Waals surface area contributed by atoms with Crippen molar-refractivity contribution in [3.8, 4) is 5.75 Å². The van der Waals surface area contributed by atoms with Crippen LogP contribution < -0.4 is 15.4 Å². The van der Waals surface area contributed by atoms with Crippen molar-refractivity contribution >= 4 is 23.2 Å². The summed E-state index contributed by atoms with van der Waals surface area (Å²) in [6.45, 7) is 7.70. The van der Waals surface area contributed by atoms with Crippen LogP contribution in [-0.4, -0.2) is 17.0 Å². The summed E-state index contributed by atoms with van der Waals surface area (Å²) in [6.07, 6.45) is 0. The van der Waals surface area contributed by atoms with Crippen molar-refractivity contribution in [1.82, 2.24) is 5.16 Å². The zero-order valence-electron chi connectivity index (χ0n) is 17.5. The molecule has 0 fully saturated rings. The number of nitrogens with zero attached hydrogens (tertiary/aromatic N) is 1. The van der Waals surface area contributed by atoms with Crippen LogP contribution in [0.1, 0.15) is 41.2 Å². The highest BCUT2D eigenvalue weighted by Crippen LogP contribution is 2.20. The molecule has 156 valence electrons. The fourth-order valence-corrected chi connectivity index (χ4v) is 2.73. The molecule has 2 amide bonds. The van der Waals surface area contributed by atoms with Gasteiger partial charge in [-0.05, 0) is 56.3 Å². The van der Waals surface area contributed by atoms with Crippen molar-refractivity contribution in [1.29, 1.82) is 0 Å². The van der Waals surface area contributed by atoms with Gasteiger partial charge in [0.05, 0.1) is 11.3 Å². The Balaban J connectivity index is 1.60. The zero-order valence-corrected chi connectivity index (χ0v) is 17.5. The predicted octanol–water partition coefficient (Wildman–Crippen LogP) is 4.72. The van der Waals surface area contributed by atoms with Crippen LogP contribution in [0.5, 0.6) is 5.75 Å². The lowest BCUT2D eigenvalue weighted by atomic mass is 10.2. The van der Waals surface area contributed by atoms with Crippen molar-refractivity contribution in [2.75, 3.05) is 10.6 Å². The number of aryl methyl sites for hydroxylation is 2. The van der Waals surface area contributed by atoms with Crippen LogP contribution in [0.3, 0.4) is 0 Å². The number of carbonyl (C=O) groups is 2. The Morgan fingerprint density at radius 2 is 1.70 bits per heavy atom. The minimum atomic E-state index is -0.250. The first-order chi connectivity index (χ1) is 14.3. The molecule has 0 bridgehead atoms. The largest absolute Gasteiger partial charge is 0.489 e. The molecule has 0 aliphatic rings. The maximum Gasteiger partial charge on any atom is 0.255 e. The van der Waals surface area contributed by atoms with E-state index in [-0.39, 0.29) is 17.7 Å². The maximum absolute atomic E-state index is 12.5. The lowest BCUT2D eigenvalue weighted by Crippen LogP contribution is -2.18. The second-order valence-corrected chi connectivity index (χ2v) is 7.29. The van der Waals surface area contributed by atoms with E-state index in [2.05, 4.69) is 15.8 Å². The van der Waals surface area contributed by atoms with Crippen LogP contribution in [0.15, 0.2) is 53.1 Å². The molecule has 0 saturated carbocycles. The van der Waals surface area contributed by atoms with E-state index in [9.17, 15) is 9.59 Å². The summed E-state index contributed by atoms with van der Waals surface area (Å²) in [5, 5.41) is 9.56. The van der Waals surface area contributed by atoms with Crippen LogP contribution in [-0.2, 0) is 11.4 Å². The third-order valence-corrected chi connectivity index (χ3v) is 4.59. The van der Waals surface area contributed by atoms with Gasteiger partial charge in [0.15, 0.2) is 0 Å². The van der Waals surface area contributed by atoms with Crippen molar-refractivity contribution < 1.29 is 18.8 Å². The topological polar surface area (TPSA) is 93.5 Å². The summed E-state index contributed by atoms with van der Waals surface area (Å²) in [7, 11) is 0. The quantitative estimate of drug-likeness (QED) is 0.591. The van der Waals surface area contributed by atoms with Gasteiger partial charge in [0, 0.05) is 22.9 Å². The minimum absolute atomic E-state index is 0.0781. The fourth-order valence-electron chi connectivity index (χ4n) is 2.73. The zero-order chi connectivity index (χ0) is 21.7. The van der Waals surface area contributed by atoms with Gasteiger partial charge in [-0.15, -0.1) is 0 Å². The number of hydrogen-bond donors (Lipinski definition) is 2. The van der Waals surface area contributed by atoms with Crippen LogP contribution in [0.2, 0.25) is 0 Å². The summed E-state index contributed by atoms with van der Waals surface area (Å²) >= 11 is 0. The van der Waals surface area contributed by atoms with E-state index >= 15 is 0 Å². The Hall–Kier alpha value is -3.61. The Labute approximate surface area is 175 Å². The molecule has 7 nitrogen and oxygen atoms in total. The molecular formula is C23H25N3O4. The number of ether oxygens (including phenoxy) is 1. The summed E-state index contributed by atoms with van der Waals surface area (Å²) in [5.41, 5.74) is 3.45. The van der Waals surface area contributed by atoms with Crippen molar-refractivity contribution in [2.45, 2.75) is 34.3 Å². The minimum Gasteiger partial charge on any atom is -0.489 e. The first kappa shape index (κ1) is 21.1. The molecule has 0 spiro atoms. The normalized spacial score (nSPS) is 10.7. The van der Waals surface area contributed by atoms with Gasteiger partial charge in [-0.1, -0.05) is 25.1 Å².